The van der Waals surface area contributed by atoms with Crippen LogP contribution in [0.25, 0.3) is 0 Å². The van der Waals surface area contributed by atoms with Crippen molar-refractivity contribution in [1.82, 2.24) is 0 Å². The van der Waals surface area contributed by atoms with E-state index in [0.29, 0.717) is 24.3 Å². The van der Waals surface area contributed by atoms with Crippen LogP contribution in [-0.4, -0.2) is 55.4 Å². The van der Waals surface area contributed by atoms with E-state index in [-0.39, 0.29) is 24.6 Å². The molecule has 1 aromatic rings. The van der Waals surface area contributed by atoms with Gasteiger partial charge in [0, 0.05) is 12.0 Å². The molecule has 5 heteroatoms. The first-order chi connectivity index (χ1) is 11.0. The molecule has 0 saturated carbocycles. The number of carbonyl (C=O) groups excluding carboxylic acids is 1. The van der Waals surface area contributed by atoms with E-state index < -0.39 is 6.10 Å². The summed E-state index contributed by atoms with van der Waals surface area (Å²) in [5.74, 6) is 0.797. The van der Waals surface area contributed by atoms with Gasteiger partial charge in [-0.1, -0.05) is 6.92 Å². The van der Waals surface area contributed by atoms with E-state index in [9.17, 15) is 9.90 Å². The second kappa shape index (κ2) is 8.43. The van der Waals surface area contributed by atoms with Crippen LogP contribution >= 0.6 is 0 Å². The molecule has 0 bridgehead atoms. The molecule has 0 aliphatic carbocycles. The van der Waals surface area contributed by atoms with Crippen molar-refractivity contribution >= 4 is 5.78 Å². The first-order valence-electron chi connectivity index (χ1n) is 8.41. The topological polar surface area (TPSA) is 60.2 Å². The Hall–Kier alpha value is -1.43. The second-order valence-corrected chi connectivity index (χ2v) is 6.39. The zero-order chi connectivity index (χ0) is 16.8. The Morgan fingerprint density at radius 2 is 1.91 bits per heavy atom. The third-order valence-electron chi connectivity index (χ3n) is 4.08. The third-order valence-corrected chi connectivity index (χ3v) is 4.08. The molecule has 0 aromatic heterocycles. The molecule has 1 saturated heterocycles. The van der Waals surface area contributed by atoms with Crippen LogP contribution in [0.4, 0.5) is 0 Å². The maximum atomic E-state index is 11.6. The smallest absolute Gasteiger partial charge is 0.162 e. The number of morpholine rings is 1. The summed E-state index contributed by atoms with van der Waals surface area (Å²) >= 11 is 0. The Labute approximate surface area is 138 Å². The summed E-state index contributed by atoms with van der Waals surface area (Å²) in [7, 11) is 0. The van der Waals surface area contributed by atoms with E-state index >= 15 is 0 Å². The highest BCUT2D eigenvalue weighted by Crippen LogP contribution is 2.13. The minimum absolute atomic E-state index is 0.121. The normalized spacial score (nSPS) is 25.8. The highest BCUT2D eigenvalue weighted by molar-refractivity contribution is 5.95. The highest BCUT2D eigenvalue weighted by Gasteiger charge is 2.27. The quantitative estimate of drug-likeness (QED) is 0.726. The van der Waals surface area contributed by atoms with Crippen LogP contribution < -0.4 is 9.64 Å². The van der Waals surface area contributed by atoms with Gasteiger partial charge in [-0.05, 0) is 38.1 Å². The van der Waals surface area contributed by atoms with E-state index in [1.54, 1.807) is 24.3 Å². The number of carbonyl (C=O) groups is 1. The molecule has 2 rings (SSSR count). The van der Waals surface area contributed by atoms with Crippen LogP contribution in [0, 0.1) is 0 Å². The maximum Gasteiger partial charge on any atom is 0.162 e. The monoisotopic (exact) mass is 322 g/mol. The van der Waals surface area contributed by atoms with Crippen molar-refractivity contribution in [2.45, 2.75) is 45.5 Å². The molecular formula is C18H28NO4+. The molecule has 0 radical (unpaired) electrons. The fourth-order valence-corrected chi connectivity index (χ4v) is 3.08. The summed E-state index contributed by atoms with van der Waals surface area (Å²) in [6.45, 7) is 8.72. The molecule has 23 heavy (non-hydrogen) atoms. The van der Waals surface area contributed by atoms with Gasteiger partial charge in [-0.3, -0.25) is 4.79 Å². The molecule has 0 amide bonds. The number of ether oxygens (including phenoxy) is 2. The van der Waals surface area contributed by atoms with Crippen LogP contribution in [0.1, 0.15) is 37.6 Å². The van der Waals surface area contributed by atoms with Crippen molar-refractivity contribution in [2.24, 2.45) is 0 Å². The number of quaternary nitrogens is 1. The number of aliphatic hydroxyl groups excluding tert-OH is 1. The molecular weight excluding hydrogens is 294 g/mol. The largest absolute Gasteiger partial charge is 0.491 e. The number of hydrogen-bond acceptors (Lipinski definition) is 4. The first kappa shape index (κ1) is 17.9. The van der Waals surface area contributed by atoms with Crippen LogP contribution in [0.3, 0.4) is 0 Å². The molecule has 0 spiro atoms. The molecule has 1 unspecified atom stereocenters. The van der Waals surface area contributed by atoms with E-state index in [1.165, 1.54) is 4.90 Å². The Balaban J connectivity index is 1.77. The average Bonchev–Trinajstić information content (AvgIpc) is 2.51. The lowest BCUT2D eigenvalue weighted by atomic mass is 10.1. The minimum atomic E-state index is -0.514. The number of hydrogen-bond donors (Lipinski definition) is 2. The van der Waals surface area contributed by atoms with E-state index in [1.807, 2.05) is 6.92 Å². The highest BCUT2D eigenvalue weighted by atomic mass is 16.5. The maximum absolute atomic E-state index is 11.6. The Bertz CT molecular complexity index is 492. The van der Waals surface area contributed by atoms with Crippen molar-refractivity contribution < 1.29 is 24.3 Å². The Morgan fingerprint density at radius 1 is 1.30 bits per heavy atom. The second-order valence-electron chi connectivity index (χ2n) is 6.39. The third kappa shape index (κ3) is 5.61. The van der Waals surface area contributed by atoms with Crippen LogP contribution in [-0.2, 0) is 4.74 Å². The Kier molecular flexibility index (Phi) is 6.57. The predicted molar refractivity (Wildman–Crippen MR) is 88.1 cm³/mol. The number of benzene rings is 1. The van der Waals surface area contributed by atoms with Crippen LogP contribution in [0.2, 0.25) is 0 Å². The van der Waals surface area contributed by atoms with Gasteiger partial charge in [-0.15, -0.1) is 0 Å². The average molecular weight is 322 g/mol. The Morgan fingerprint density at radius 3 is 2.48 bits per heavy atom. The van der Waals surface area contributed by atoms with Gasteiger partial charge in [0.2, 0.25) is 0 Å². The number of aliphatic hydroxyl groups is 1. The number of rotatable bonds is 7. The van der Waals surface area contributed by atoms with Crippen molar-refractivity contribution in [2.75, 3.05) is 26.2 Å². The predicted octanol–water partition coefficient (Wildman–Crippen LogP) is 0.711. The van der Waals surface area contributed by atoms with Gasteiger partial charge in [-0.25, -0.2) is 0 Å². The van der Waals surface area contributed by atoms with E-state index in [2.05, 4.69) is 13.8 Å². The van der Waals surface area contributed by atoms with E-state index in [0.717, 1.165) is 13.1 Å². The summed E-state index contributed by atoms with van der Waals surface area (Å²) < 4.78 is 11.3. The van der Waals surface area contributed by atoms with E-state index in [4.69, 9.17) is 9.47 Å². The number of nitrogens with one attached hydrogen (secondary N) is 1. The fraction of sp³-hybridized carbons (Fsp3) is 0.611. The molecule has 128 valence electrons. The lowest BCUT2D eigenvalue weighted by Crippen LogP contribution is -3.16. The number of ketones is 1. The van der Waals surface area contributed by atoms with Crippen molar-refractivity contribution in [3.05, 3.63) is 29.8 Å². The summed E-state index contributed by atoms with van der Waals surface area (Å²) in [5.41, 5.74) is 0.695. The molecule has 2 N–H and O–H groups in total. The summed E-state index contributed by atoms with van der Waals surface area (Å²) in [6.07, 6.45) is 0.438. The molecule has 1 aliphatic rings. The molecule has 1 aliphatic heterocycles. The molecule has 5 nitrogen and oxygen atoms in total. The van der Waals surface area contributed by atoms with Gasteiger partial charge in [0.1, 0.15) is 50.3 Å². The summed E-state index contributed by atoms with van der Waals surface area (Å²) in [5, 5.41) is 10.2. The summed E-state index contributed by atoms with van der Waals surface area (Å²) in [6, 6.07) is 7.09. The van der Waals surface area contributed by atoms with Gasteiger partial charge in [0.05, 0.1) is 0 Å². The van der Waals surface area contributed by atoms with Gasteiger partial charge < -0.3 is 19.5 Å². The zero-order valence-corrected chi connectivity index (χ0v) is 14.2. The van der Waals surface area contributed by atoms with Crippen molar-refractivity contribution in [1.29, 1.82) is 0 Å². The standard InChI is InChI=1S/C18H27NO4/c1-4-18(21)15-5-7-17(8-6-15)22-12-16(20)11-19-9-13(2)23-14(3)10-19/h5-8,13-14,16,20H,4,9-12H2,1-3H3/p+1/t13-,14+,16-/m1/s1. The van der Waals surface area contributed by atoms with Crippen molar-refractivity contribution in [3.8, 4) is 5.75 Å². The molecule has 1 aromatic carbocycles. The molecule has 1 fully saturated rings. The first-order valence-corrected chi connectivity index (χ1v) is 8.41. The molecule has 1 heterocycles. The molecule has 4 atom stereocenters. The van der Waals surface area contributed by atoms with Gasteiger partial charge in [0.15, 0.2) is 5.78 Å². The lowest BCUT2D eigenvalue weighted by molar-refractivity contribution is -0.918. The zero-order valence-electron chi connectivity index (χ0n) is 14.2. The van der Waals surface area contributed by atoms with Gasteiger partial charge in [0.25, 0.3) is 0 Å². The van der Waals surface area contributed by atoms with Crippen LogP contribution in [0.15, 0.2) is 24.3 Å². The summed E-state index contributed by atoms with van der Waals surface area (Å²) in [4.78, 5) is 12.9. The SMILES string of the molecule is CCC(=O)c1ccc(OC[C@H](O)C[NH+]2C[C@@H](C)O[C@@H](C)C2)cc1. The van der Waals surface area contributed by atoms with Crippen molar-refractivity contribution in [3.63, 3.8) is 0 Å². The van der Waals surface area contributed by atoms with Crippen LogP contribution in [0.5, 0.6) is 5.75 Å². The lowest BCUT2D eigenvalue weighted by Gasteiger charge is -2.33. The number of Topliss-reactive ketones (excluding diaryl/α,β-unsaturated/α-hetero) is 1. The fourth-order valence-electron chi connectivity index (χ4n) is 3.08. The van der Waals surface area contributed by atoms with Gasteiger partial charge >= 0.3 is 0 Å². The minimum Gasteiger partial charge on any atom is -0.491 e. The van der Waals surface area contributed by atoms with Gasteiger partial charge in [-0.2, -0.15) is 0 Å².